The first kappa shape index (κ1) is 20.0. The monoisotopic (exact) mass is 339 g/mol. The highest BCUT2D eigenvalue weighted by Crippen LogP contribution is 2.14. The first-order chi connectivity index (χ1) is 11.3. The topological polar surface area (TPSA) is 128 Å². The Bertz CT molecular complexity index is 536. The van der Waals surface area contributed by atoms with E-state index in [4.69, 9.17) is 5.73 Å². The van der Waals surface area contributed by atoms with Crippen LogP contribution in [0.4, 0.5) is 0 Å². The van der Waals surface area contributed by atoms with Gasteiger partial charge in [-0.15, -0.1) is 5.10 Å². The molecule has 0 saturated heterocycles. The molecular weight excluding hydrogens is 310 g/mol. The van der Waals surface area contributed by atoms with E-state index < -0.39 is 5.54 Å². The molecule has 0 aromatic carbocycles. The summed E-state index contributed by atoms with van der Waals surface area (Å²) in [5, 5.41) is 17.3. The van der Waals surface area contributed by atoms with E-state index in [1.54, 1.807) is 18.5 Å². The third kappa shape index (κ3) is 6.23. The number of carbonyl (C=O) groups is 2. The van der Waals surface area contributed by atoms with E-state index in [0.717, 1.165) is 12.8 Å². The predicted molar refractivity (Wildman–Crippen MR) is 89.8 cm³/mol. The lowest BCUT2D eigenvalue weighted by Gasteiger charge is -2.22. The van der Waals surface area contributed by atoms with E-state index in [0.29, 0.717) is 25.3 Å². The minimum Gasteiger partial charge on any atom is -0.356 e. The molecule has 9 heteroatoms. The van der Waals surface area contributed by atoms with Crippen LogP contribution < -0.4 is 16.4 Å². The number of aromatic nitrogens is 4. The Labute approximate surface area is 142 Å². The maximum atomic E-state index is 12.1. The molecule has 0 aliphatic rings. The van der Waals surface area contributed by atoms with Gasteiger partial charge in [0.05, 0.1) is 18.1 Å². The maximum absolute atomic E-state index is 12.1. The number of nitrogens with zero attached hydrogens (tertiary/aromatic N) is 4. The van der Waals surface area contributed by atoms with Gasteiger partial charge in [0.2, 0.25) is 11.8 Å². The van der Waals surface area contributed by atoms with E-state index in [-0.39, 0.29) is 24.3 Å². The smallest absolute Gasteiger partial charge is 0.240 e. The van der Waals surface area contributed by atoms with Crippen LogP contribution >= 0.6 is 0 Å². The molecule has 1 atom stereocenters. The number of nitrogens with one attached hydrogen (secondary N) is 2. The number of hydrogen-bond donors (Lipinski definition) is 3. The lowest BCUT2D eigenvalue weighted by molar-refractivity contribution is -0.126. The van der Waals surface area contributed by atoms with Gasteiger partial charge in [0.1, 0.15) is 0 Å². The van der Waals surface area contributed by atoms with Gasteiger partial charge in [-0.25, -0.2) is 4.68 Å². The second-order valence-corrected chi connectivity index (χ2v) is 6.37. The summed E-state index contributed by atoms with van der Waals surface area (Å²) in [7, 11) is 0. The zero-order chi connectivity index (χ0) is 18.2. The fourth-order valence-corrected chi connectivity index (χ4v) is 2.01. The van der Waals surface area contributed by atoms with Crippen LogP contribution in [0.15, 0.2) is 0 Å². The molecule has 0 spiro atoms. The number of nitrogens with two attached hydrogens (primary N) is 1. The summed E-state index contributed by atoms with van der Waals surface area (Å²) in [4.78, 5) is 23.9. The molecule has 24 heavy (non-hydrogen) atoms. The van der Waals surface area contributed by atoms with Crippen LogP contribution in [0.3, 0.4) is 0 Å². The summed E-state index contributed by atoms with van der Waals surface area (Å²) in [6, 6.07) is -0.349. The number of tetrazole rings is 1. The summed E-state index contributed by atoms with van der Waals surface area (Å²) < 4.78 is 1.55. The first-order valence-corrected chi connectivity index (χ1v) is 8.42. The number of rotatable bonds is 10. The van der Waals surface area contributed by atoms with Crippen LogP contribution in [0.25, 0.3) is 0 Å². The normalized spacial score (nSPS) is 12.7. The third-order valence-corrected chi connectivity index (χ3v) is 3.57. The molecule has 0 saturated carbocycles. The second kappa shape index (κ2) is 9.31. The molecule has 1 aromatic rings. The Balaban J connectivity index is 2.65. The zero-order valence-corrected chi connectivity index (χ0v) is 15.0. The fraction of sp³-hybridized carbons (Fsp3) is 0.800. The van der Waals surface area contributed by atoms with Crippen LogP contribution in [0, 0.1) is 0 Å². The van der Waals surface area contributed by atoms with Crippen molar-refractivity contribution in [3.63, 3.8) is 0 Å². The maximum Gasteiger partial charge on any atom is 0.240 e. The molecule has 1 heterocycles. The van der Waals surface area contributed by atoms with Gasteiger partial charge in [0.15, 0.2) is 5.82 Å². The van der Waals surface area contributed by atoms with Crippen molar-refractivity contribution >= 4 is 11.8 Å². The summed E-state index contributed by atoms with van der Waals surface area (Å²) in [5.41, 5.74) is 4.83. The number of hydrogen-bond acceptors (Lipinski definition) is 6. The minimum absolute atomic E-state index is 0.0370. The number of carbonyl (C=O) groups excluding carboxylic acids is 2. The van der Waals surface area contributed by atoms with Crippen molar-refractivity contribution < 1.29 is 9.59 Å². The van der Waals surface area contributed by atoms with Gasteiger partial charge in [-0.1, -0.05) is 20.3 Å². The van der Waals surface area contributed by atoms with E-state index in [1.165, 1.54) is 0 Å². The Hall–Kier alpha value is -2.03. The SMILES string of the molecule is CCCCNC(=O)CCn1nnnc1[C@@H](CC)NC(=O)C(C)(C)N. The van der Waals surface area contributed by atoms with Gasteiger partial charge in [0.25, 0.3) is 0 Å². The Kier molecular flexibility index (Phi) is 7.76. The standard InChI is InChI=1S/C15H29N7O2/c1-5-7-9-17-12(23)8-10-22-13(19-20-21-22)11(6-2)18-14(24)15(3,4)16/h11H,5-10,16H2,1-4H3,(H,17,23)(H,18,24)/t11-/m1/s1. The predicted octanol–water partition coefficient (Wildman–Crippen LogP) is 0.284. The van der Waals surface area contributed by atoms with E-state index in [2.05, 4.69) is 33.1 Å². The zero-order valence-electron chi connectivity index (χ0n) is 15.0. The van der Waals surface area contributed by atoms with Crippen LogP contribution in [0.5, 0.6) is 0 Å². The summed E-state index contributed by atoms with van der Waals surface area (Å²) in [6.45, 7) is 8.30. The quantitative estimate of drug-likeness (QED) is 0.525. The molecule has 0 bridgehead atoms. The Morgan fingerprint density at radius 3 is 2.62 bits per heavy atom. The second-order valence-electron chi connectivity index (χ2n) is 6.37. The van der Waals surface area contributed by atoms with E-state index in [1.807, 2.05) is 6.92 Å². The minimum atomic E-state index is -0.981. The van der Waals surface area contributed by atoms with Crippen molar-refractivity contribution in [3.05, 3.63) is 5.82 Å². The van der Waals surface area contributed by atoms with Crippen LogP contribution in [0.1, 0.15) is 65.2 Å². The molecule has 2 amide bonds. The van der Waals surface area contributed by atoms with Gasteiger partial charge < -0.3 is 16.4 Å². The molecule has 0 radical (unpaired) electrons. The van der Waals surface area contributed by atoms with Gasteiger partial charge >= 0.3 is 0 Å². The molecule has 0 aliphatic heterocycles. The van der Waals surface area contributed by atoms with E-state index in [9.17, 15) is 9.59 Å². The van der Waals surface area contributed by atoms with Gasteiger partial charge in [0, 0.05) is 13.0 Å². The highest BCUT2D eigenvalue weighted by Gasteiger charge is 2.27. The first-order valence-electron chi connectivity index (χ1n) is 8.42. The molecule has 1 rings (SSSR count). The number of unbranched alkanes of at least 4 members (excludes halogenated alkanes) is 1. The fourth-order valence-electron chi connectivity index (χ4n) is 2.01. The molecule has 136 valence electrons. The summed E-state index contributed by atoms with van der Waals surface area (Å²) >= 11 is 0. The lowest BCUT2D eigenvalue weighted by atomic mass is 10.1. The summed E-state index contributed by atoms with van der Waals surface area (Å²) in [5.74, 6) is 0.211. The van der Waals surface area contributed by atoms with Crippen molar-refractivity contribution in [2.24, 2.45) is 5.73 Å². The Morgan fingerprint density at radius 2 is 2.04 bits per heavy atom. The molecule has 9 nitrogen and oxygen atoms in total. The van der Waals surface area contributed by atoms with Gasteiger partial charge in [-0.2, -0.15) is 0 Å². The molecule has 4 N–H and O–H groups in total. The number of aryl methyl sites for hydroxylation is 1. The molecule has 0 aliphatic carbocycles. The van der Waals surface area contributed by atoms with Gasteiger partial charge in [-0.05, 0) is 37.1 Å². The lowest BCUT2D eigenvalue weighted by Crippen LogP contribution is -2.50. The molecule has 0 fully saturated rings. The van der Waals surface area contributed by atoms with Crippen molar-refractivity contribution in [1.29, 1.82) is 0 Å². The van der Waals surface area contributed by atoms with Crippen LogP contribution in [-0.2, 0) is 16.1 Å². The van der Waals surface area contributed by atoms with Crippen molar-refractivity contribution in [2.75, 3.05) is 6.54 Å². The summed E-state index contributed by atoms with van der Waals surface area (Å²) in [6.07, 6.45) is 2.90. The number of amides is 2. The van der Waals surface area contributed by atoms with E-state index >= 15 is 0 Å². The van der Waals surface area contributed by atoms with Crippen LogP contribution in [-0.4, -0.2) is 44.1 Å². The Morgan fingerprint density at radius 1 is 1.33 bits per heavy atom. The van der Waals surface area contributed by atoms with Crippen molar-refractivity contribution in [3.8, 4) is 0 Å². The highest BCUT2D eigenvalue weighted by atomic mass is 16.2. The molecule has 1 aromatic heterocycles. The van der Waals surface area contributed by atoms with Gasteiger partial charge in [-0.3, -0.25) is 9.59 Å². The van der Waals surface area contributed by atoms with Crippen molar-refractivity contribution in [2.45, 2.75) is 71.5 Å². The van der Waals surface area contributed by atoms with Crippen molar-refractivity contribution in [1.82, 2.24) is 30.8 Å². The molecular formula is C15H29N7O2. The third-order valence-electron chi connectivity index (χ3n) is 3.57. The average molecular weight is 339 g/mol. The average Bonchev–Trinajstić information content (AvgIpc) is 2.98. The van der Waals surface area contributed by atoms with Crippen LogP contribution in [0.2, 0.25) is 0 Å². The highest BCUT2D eigenvalue weighted by molar-refractivity contribution is 5.85. The molecule has 0 unspecified atom stereocenters. The largest absolute Gasteiger partial charge is 0.356 e.